The minimum Gasteiger partial charge on any atom is -0.507 e. The Morgan fingerprint density at radius 1 is 0.938 bits per heavy atom. The van der Waals surface area contributed by atoms with Crippen LogP contribution in [0.5, 0.6) is 28.7 Å². The molecule has 32 heavy (non-hydrogen) atoms. The zero-order valence-electron chi connectivity index (χ0n) is 17.1. The SMILES string of the molecule is COC(=O)c1c(C)c2c(c(C)c1O)OC(=O)c1c(C)c(Cl)c(O)c(Cl)c1O2.NC(=O)NO. The number of carbonyl (C=O) groups is 3. The zero-order valence-corrected chi connectivity index (χ0v) is 18.6. The van der Waals surface area contributed by atoms with E-state index >= 15 is 0 Å². The van der Waals surface area contributed by atoms with Crippen molar-refractivity contribution in [2.75, 3.05) is 7.11 Å². The number of rotatable bonds is 1. The summed E-state index contributed by atoms with van der Waals surface area (Å²) in [5.74, 6) is -2.74. The van der Waals surface area contributed by atoms with Gasteiger partial charge in [0.1, 0.15) is 21.9 Å². The van der Waals surface area contributed by atoms with E-state index in [0.717, 1.165) is 0 Å². The maximum absolute atomic E-state index is 12.7. The van der Waals surface area contributed by atoms with Crippen LogP contribution in [0.4, 0.5) is 4.79 Å². The van der Waals surface area contributed by atoms with E-state index in [9.17, 15) is 24.6 Å². The van der Waals surface area contributed by atoms with E-state index in [1.54, 1.807) is 0 Å². The van der Waals surface area contributed by atoms with Crippen molar-refractivity contribution in [1.29, 1.82) is 0 Å². The predicted molar refractivity (Wildman–Crippen MR) is 111 cm³/mol. The number of phenolic OH excluding ortho intramolecular Hbond substituents is 2. The number of primary amides is 1. The summed E-state index contributed by atoms with van der Waals surface area (Å²) >= 11 is 12.2. The number of hydrogen-bond acceptors (Lipinski definition) is 9. The van der Waals surface area contributed by atoms with Gasteiger partial charge in [-0.25, -0.2) is 19.9 Å². The summed E-state index contributed by atoms with van der Waals surface area (Å²) in [6.45, 7) is 4.43. The van der Waals surface area contributed by atoms with Crippen molar-refractivity contribution in [3.05, 3.63) is 37.9 Å². The van der Waals surface area contributed by atoms with Gasteiger partial charge in [0.15, 0.2) is 23.0 Å². The van der Waals surface area contributed by atoms with Gasteiger partial charge in [0.05, 0.1) is 12.1 Å². The molecule has 0 saturated carbocycles. The van der Waals surface area contributed by atoms with Gasteiger partial charge in [0.2, 0.25) is 0 Å². The maximum atomic E-state index is 12.7. The van der Waals surface area contributed by atoms with Crippen LogP contribution in [0.2, 0.25) is 10.0 Å². The van der Waals surface area contributed by atoms with Gasteiger partial charge in [-0.05, 0) is 26.3 Å². The fourth-order valence-corrected chi connectivity index (χ4v) is 3.35. The monoisotopic (exact) mass is 488 g/mol. The Morgan fingerprint density at radius 3 is 1.97 bits per heavy atom. The van der Waals surface area contributed by atoms with Crippen LogP contribution in [0.15, 0.2) is 0 Å². The molecule has 1 heterocycles. The molecule has 11 nitrogen and oxygen atoms in total. The average Bonchev–Trinajstić information content (AvgIpc) is 2.91. The van der Waals surface area contributed by atoms with Gasteiger partial charge < -0.3 is 30.2 Å². The van der Waals surface area contributed by atoms with Crippen molar-refractivity contribution < 1.29 is 44.0 Å². The Bertz CT molecular complexity index is 1150. The van der Waals surface area contributed by atoms with Crippen LogP contribution in [0.1, 0.15) is 37.4 Å². The van der Waals surface area contributed by atoms with Gasteiger partial charge in [-0.3, -0.25) is 5.21 Å². The quantitative estimate of drug-likeness (QED) is 0.174. The number of halogens is 2. The standard InChI is InChI=1S/C18H14Cl2O7.CH4N2O2/c1-5-9-16(11(20)13(22)10(5)19)26-14-6(2)8(17(23)25-4)12(21)7(3)15(14)27-18(9)24;2-1(4)3-5/h21-22H,1-4H3;5H,(H3,2,3,4). The number of hydroxylamine groups is 1. The van der Waals surface area contributed by atoms with Crippen LogP contribution in [0.25, 0.3) is 0 Å². The molecular weight excluding hydrogens is 471 g/mol. The highest BCUT2D eigenvalue weighted by Crippen LogP contribution is 2.52. The van der Waals surface area contributed by atoms with Gasteiger partial charge >= 0.3 is 18.0 Å². The number of urea groups is 1. The third-order valence-corrected chi connectivity index (χ3v) is 5.32. The van der Waals surface area contributed by atoms with Crippen molar-refractivity contribution in [3.63, 3.8) is 0 Å². The summed E-state index contributed by atoms with van der Waals surface area (Å²) in [6, 6.07) is -0.940. The number of esters is 2. The molecule has 0 fully saturated rings. The minimum absolute atomic E-state index is 0.0131. The molecule has 2 amide bonds. The molecule has 0 spiro atoms. The van der Waals surface area contributed by atoms with Crippen molar-refractivity contribution in [3.8, 4) is 28.7 Å². The first-order valence-electron chi connectivity index (χ1n) is 8.63. The van der Waals surface area contributed by atoms with Gasteiger partial charge in [0.25, 0.3) is 0 Å². The van der Waals surface area contributed by atoms with Crippen LogP contribution in [-0.2, 0) is 4.74 Å². The highest BCUT2D eigenvalue weighted by atomic mass is 35.5. The number of phenols is 2. The molecular formula is C19H18Cl2N2O9. The first-order chi connectivity index (χ1) is 14.9. The fourth-order valence-electron chi connectivity index (χ4n) is 2.88. The Morgan fingerprint density at radius 2 is 1.47 bits per heavy atom. The van der Waals surface area contributed by atoms with Crippen LogP contribution in [0, 0.1) is 20.8 Å². The molecule has 0 aliphatic carbocycles. The molecule has 0 radical (unpaired) electrons. The highest BCUT2D eigenvalue weighted by Gasteiger charge is 2.35. The molecule has 0 bridgehead atoms. The zero-order chi connectivity index (χ0) is 24.5. The first kappa shape index (κ1) is 24.9. The molecule has 6 N–H and O–H groups in total. The smallest absolute Gasteiger partial charge is 0.347 e. The maximum Gasteiger partial charge on any atom is 0.347 e. The average molecular weight is 489 g/mol. The lowest BCUT2D eigenvalue weighted by Gasteiger charge is -2.17. The topological polar surface area (TPSA) is 178 Å². The van der Waals surface area contributed by atoms with Gasteiger partial charge in [-0.1, -0.05) is 23.2 Å². The third-order valence-electron chi connectivity index (χ3n) is 4.50. The number of ether oxygens (including phenoxy) is 3. The molecule has 0 aromatic heterocycles. The fraction of sp³-hybridized carbons (Fsp3) is 0.211. The number of nitrogens with two attached hydrogens (primary N) is 1. The number of benzene rings is 2. The summed E-state index contributed by atoms with van der Waals surface area (Å²) in [6.07, 6.45) is 0. The summed E-state index contributed by atoms with van der Waals surface area (Å²) < 4.78 is 15.9. The van der Waals surface area contributed by atoms with Crippen LogP contribution < -0.4 is 20.7 Å². The van der Waals surface area contributed by atoms with E-state index in [0.29, 0.717) is 0 Å². The first-order valence-corrected chi connectivity index (χ1v) is 9.38. The van der Waals surface area contributed by atoms with E-state index in [2.05, 4.69) is 5.73 Å². The Balaban J connectivity index is 0.000000654. The second kappa shape index (κ2) is 9.39. The number of methoxy groups -OCH3 is 1. The summed E-state index contributed by atoms with van der Waals surface area (Å²) in [4.78, 5) is 34.0. The molecule has 2 aromatic rings. The second-order valence-electron chi connectivity index (χ2n) is 6.40. The van der Waals surface area contributed by atoms with Crippen LogP contribution in [-0.4, -0.2) is 40.5 Å². The van der Waals surface area contributed by atoms with Crippen molar-refractivity contribution in [1.82, 2.24) is 5.48 Å². The van der Waals surface area contributed by atoms with Crippen molar-refractivity contribution >= 4 is 41.2 Å². The van der Waals surface area contributed by atoms with E-state index < -0.39 is 29.5 Å². The Labute approximate surface area is 191 Å². The molecule has 0 atom stereocenters. The van der Waals surface area contributed by atoms with Crippen LogP contribution >= 0.6 is 23.2 Å². The Kier molecular flexibility index (Phi) is 7.29. The lowest BCUT2D eigenvalue weighted by atomic mass is 10.0. The molecule has 2 aromatic carbocycles. The molecule has 1 aliphatic heterocycles. The molecule has 3 rings (SSSR count). The lowest BCUT2D eigenvalue weighted by Crippen LogP contribution is -2.25. The summed E-state index contributed by atoms with van der Waals surface area (Å²) in [5, 5.41) is 27.5. The van der Waals surface area contributed by atoms with Gasteiger partial charge in [-0.15, -0.1) is 0 Å². The molecule has 172 valence electrons. The molecule has 0 unspecified atom stereocenters. The van der Waals surface area contributed by atoms with E-state index in [4.69, 9.17) is 42.6 Å². The largest absolute Gasteiger partial charge is 0.507 e. The molecule has 1 aliphatic rings. The van der Waals surface area contributed by atoms with Gasteiger partial charge in [-0.2, -0.15) is 0 Å². The third kappa shape index (κ3) is 4.17. The van der Waals surface area contributed by atoms with E-state index in [1.807, 2.05) is 0 Å². The number of nitrogens with one attached hydrogen (secondary N) is 1. The molecule has 0 saturated heterocycles. The number of aromatic hydroxyl groups is 2. The van der Waals surface area contributed by atoms with E-state index in [-0.39, 0.29) is 55.1 Å². The molecule has 13 heteroatoms. The normalized spacial score (nSPS) is 11.5. The highest BCUT2D eigenvalue weighted by molar-refractivity contribution is 6.39. The summed E-state index contributed by atoms with van der Waals surface area (Å²) in [5.41, 5.74) is 5.72. The number of amides is 2. The minimum atomic E-state index is -0.940. The van der Waals surface area contributed by atoms with Crippen molar-refractivity contribution in [2.24, 2.45) is 5.73 Å². The second-order valence-corrected chi connectivity index (χ2v) is 7.15. The predicted octanol–water partition coefficient (Wildman–Crippen LogP) is 3.49. The lowest BCUT2D eigenvalue weighted by molar-refractivity contribution is 0.0596. The van der Waals surface area contributed by atoms with Crippen molar-refractivity contribution in [2.45, 2.75) is 20.8 Å². The van der Waals surface area contributed by atoms with Gasteiger partial charge in [0, 0.05) is 11.1 Å². The number of carbonyl (C=O) groups excluding carboxylic acids is 3. The number of hydrogen-bond donors (Lipinski definition) is 5. The van der Waals surface area contributed by atoms with Crippen LogP contribution in [0.3, 0.4) is 0 Å². The Hall–Kier alpha value is -3.41. The summed E-state index contributed by atoms with van der Waals surface area (Å²) in [7, 11) is 1.17. The number of fused-ring (bicyclic) bond motifs is 2. The van der Waals surface area contributed by atoms with E-state index in [1.165, 1.54) is 33.4 Å².